The van der Waals surface area contributed by atoms with Crippen molar-refractivity contribution in [3.8, 4) is 22.9 Å². The molecule has 1 heterocycles. The molecule has 0 N–H and O–H groups in total. The molecule has 0 bridgehead atoms. The fourth-order valence-electron chi connectivity index (χ4n) is 2.87. The van der Waals surface area contributed by atoms with E-state index in [1.54, 1.807) is 26.3 Å². The van der Waals surface area contributed by atoms with Crippen LogP contribution in [0, 0.1) is 6.92 Å². The molecule has 1 aromatic heterocycles. The number of halogens is 1. The summed E-state index contributed by atoms with van der Waals surface area (Å²) in [6.07, 6.45) is -0.106. The summed E-state index contributed by atoms with van der Waals surface area (Å²) < 4.78 is 16.4. The van der Waals surface area contributed by atoms with Gasteiger partial charge in [0.2, 0.25) is 11.7 Å². The molecule has 2 aromatic carbocycles. The highest BCUT2D eigenvalue weighted by Gasteiger charge is 2.24. The van der Waals surface area contributed by atoms with E-state index in [1.165, 1.54) is 4.90 Å². The molecule has 0 saturated heterocycles. The summed E-state index contributed by atoms with van der Waals surface area (Å²) in [6, 6.07) is 12.7. The number of ether oxygens (including phenoxy) is 2. The Labute approximate surface area is 180 Å². The van der Waals surface area contributed by atoms with E-state index in [9.17, 15) is 4.79 Å². The lowest BCUT2D eigenvalue weighted by molar-refractivity contribution is -0.138. The van der Waals surface area contributed by atoms with E-state index in [0.717, 1.165) is 16.9 Å². The molecule has 7 nitrogen and oxygen atoms in total. The Kier molecular flexibility index (Phi) is 6.95. The average Bonchev–Trinajstić information content (AvgIpc) is 3.22. The van der Waals surface area contributed by atoms with Crippen LogP contribution in [-0.4, -0.2) is 41.2 Å². The minimum absolute atomic E-state index is 0.172. The minimum Gasteiger partial charge on any atom is -0.497 e. The zero-order valence-corrected chi connectivity index (χ0v) is 18.1. The van der Waals surface area contributed by atoms with Crippen molar-refractivity contribution in [2.75, 3.05) is 14.2 Å². The van der Waals surface area contributed by atoms with Crippen molar-refractivity contribution < 1.29 is 18.8 Å². The number of amides is 1. The van der Waals surface area contributed by atoms with Crippen LogP contribution < -0.4 is 9.47 Å². The molecule has 0 aliphatic heterocycles. The van der Waals surface area contributed by atoms with Crippen LogP contribution in [0.1, 0.15) is 24.8 Å². The lowest BCUT2D eigenvalue weighted by Gasteiger charge is -2.23. The maximum Gasteiger partial charge on any atom is 0.263 e. The SMILES string of the molecule is CC[C@@H](Oc1ccc(Cl)c(C)c1)C(=O)N(C)Cc1nc(-c2ccc(OC)cc2)no1. The van der Waals surface area contributed by atoms with Crippen molar-refractivity contribution in [3.05, 3.63) is 58.9 Å². The maximum absolute atomic E-state index is 12.9. The summed E-state index contributed by atoms with van der Waals surface area (Å²) in [5, 5.41) is 4.65. The van der Waals surface area contributed by atoms with Crippen molar-refractivity contribution in [1.82, 2.24) is 15.0 Å². The molecular weight excluding hydrogens is 406 g/mol. The smallest absolute Gasteiger partial charge is 0.263 e. The second-order valence-corrected chi connectivity index (χ2v) is 7.27. The summed E-state index contributed by atoms with van der Waals surface area (Å²) in [6.45, 7) is 3.97. The first-order chi connectivity index (χ1) is 14.4. The summed E-state index contributed by atoms with van der Waals surface area (Å²) in [5.74, 6) is 1.97. The van der Waals surface area contributed by atoms with Gasteiger partial charge in [0, 0.05) is 17.6 Å². The van der Waals surface area contributed by atoms with E-state index in [2.05, 4.69) is 10.1 Å². The average molecular weight is 430 g/mol. The van der Waals surface area contributed by atoms with E-state index in [0.29, 0.717) is 28.9 Å². The molecule has 0 saturated carbocycles. The van der Waals surface area contributed by atoms with E-state index in [-0.39, 0.29) is 12.5 Å². The summed E-state index contributed by atoms with van der Waals surface area (Å²) >= 11 is 6.06. The molecule has 3 rings (SSSR count). The van der Waals surface area contributed by atoms with Gasteiger partial charge in [0.15, 0.2) is 6.10 Å². The molecule has 30 heavy (non-hydrogen) atoms. The van der Waals surface area contributed by atoms with Crippen LogP contribution in [-0.2, 0) is 11.3 Å². The van der Waals surface area contributed by atoms with Gasteiger partial charge in [0.25, 0.3) is 5.91 Å². The highest BCUT2D eigenvalue weighted by Crippen LogP contribution is 2.23. The quantitative estimate of drug-likeness (QED) is 0.523. The van der Waals surface area contributed by atoms with Crippen molar-refractivity contribution in [2.45, 2.75) is 32.9 Å². The Balaban J connectivity index is 1.65. The van der Waals surface area contributed by atoms with Crippen LogP contribution in [0.25, 0.3) is 11.4 Å². The highest BCUT2D eigenvalue weighted by molar-refractivity contribution is 6.31. The Morgan fingerprint density at radius 2 is 1.90 bits per heavy atom. The molecule has 0 aliphatic carbocycles. The number of methoxy groups -OCH3 is 1. The van der Waals surface area contributed by atoms with Gasteiger partial charge in [-0.15, -0.1) is 0 Å². The van der Waals surface area contributed by atoms with Gasteiger partial charge in [-0.05, 0) is 61.4 Å². The number of benzene rings is 2. The molecule has 0 aliphatic rings. The molecule has 158 valence electrons. The Morgan fingerprint density at radius 3 is 2.53 bits per heavy atom. The Bertz CT molecular complexity index is 1000. The largest absolute Gasteiger partial charge is 0.497 e. The van der Waals surface area contributed by atoms with Gasteiger partial charge in [-0.1, -0.05) is 23.7 Å². The van der Waals surface area contributed by atoms with Gasteiger partial charge in [-0.25, -0.2) is 0 Å². The molecule has 8 heteroatoms. The first-order valence-electron chi connectivity index (χ1n) is 9.56. The first-order valence-corrected chi connectivity index (χ1v) is 9.93. The zero-order chi connectivity index (χ0) is 21.7. The van der Waals surface area contributed by atoms with Gasteiger partial charge < -0.3 is 18.9 Å². The van der Waals surface area contributed by atoms with E-state index < -0.39 is 6.10 Å². The van der Waals surface area contributed by atoms with Gasteiger partial charge in [0.05, 0.1) is 13.7 Å². The molecule has 0 unspecified atom stereocenters. The predicted molar refractivity (Wildman–Crippen MR) is 114 cm³/mol. The van der Waals surface area contributed by atoms with Gasteiger partial charge in [-0.3, -0.25) is 4.79 Å². The topological polar surface area (TPSA) is 77.7 Å². The molecule has 3 aromatic rings. The summed E-state index contributed by atoms with van der Waals surface area (Å²) in [7, 11) is 3.29. The number of hydrogen-bond donors (Lipinski definition) is 0. The second kappa shape index (κ2) is 9.63. The number of hydrogen-bond acceptors (Lipinski definition) is 6. The zero-order valence-electron chi connectivity index (χ0n) is 17.4. The first kappa shape index (κ1) is 21.6. The third kappa shape index (κ3) is 5.10. The van der Waals surface area contributed by atoms with Crippen molar-refractivity contribution in [1.29, 1.82) is 0 Å². The van der Waals surface area contributed by atoms with Gasteiger partial charge in [-0.2, -0.15) is 4.98 Å². The fraction of sp³-hybridized carbons (Fsp3) is 0.318. The van der Waals surface area contributed by atoms with Crippen molar-refractivity contribution >= 4 is 17.5 Å². The number of rotatable bonds is 8. The van der Waals surface area contributed by atoms with E-state index >= 15 is 0 Å². The Morgan fingerprint density at radius 1 is 1.20 bits per heavy atom. The monoisotopic (exact) mass is 429 g/mol. The lowest BCUT2D eigenvalue weighted by atomic mass is 10.2. The Hall–Kier alpha value is -3.06. The van der Waals surface area contributed by atoms with Crippen LogP contribution in [0.3, 0.4) is 0 Å². The number of aromatic nitrogens is 2. The molecule has 0 fully saturated rings. The van der Waals surface area contributed by atoms with Gasteiger partial charge in [0.1, 0.15) is 11.5 Å². The number of carbonyl (C=O) groups is 1. The maximum atomic E-state index is 12.9. The fourth-order valence-corrected chi connectivity index (χ4v) is 2.98. The molecule has 0 radical (unpaired) electrons. The highest BCUT2D eigenvalue weighted by atomic mass is 35.5. The van der Waals surface area contributed by atoms with Crippen LogP contribution in [0.15, 0.2) is 47.0 Å². The van der Waals surface area contributed by atoms with Crippen molar-refractivity contribution in [2.24, 2.45) is 0 Å². The number of carbonyl (C=O) groups excluding carboxylic acids is 1. The van der Waals surface area contributed by atoms with Crippen molar-refractivity contribution in [3.63, 3.8) is 0 Å². The minimum atomic E-state index is -0.625. The third-order valence-electron chi connectivity index (χ3n) is 4.62. The normalized spacial score (nSPS) is 11.8. The van der Waals surface area contributed by atoms with Crippen LogP contribution in [0.4, 0.5) is 0 Å². The lowest BCUT2D eigenvalue weighted by Crippen LogP contribution is -2.39. The summed E-state index contributed by atoms with van der Waals surface area (Å²) in [4.78, 5) is 18.8. The molecule has 0 spiro atoms. The number of nitrogens with zero attached hydrogens (tertiary/aromatic N) is 3. The van der Waals surface area contributed by atoms with Crippen LogP contribution in [0.2, 0.25) is 5.02 Å². The molecule has 1 amide bonds. The van der Waals surface area contributed by atoms with Gasteiger partial charge >= 0.3 is 0 Å². The summed E-state index contributed by atoms with van der Waals surface area (Å²) in [5.41, 5.74) is 1.69. The molecular formula is C22H24ClN3O4. The standard InChI is InChI=1S/C22H24ClN3O4/c1-5-19(29-17-10-11-18(23)14(2)12-17)22(27)26(3)13-20-24-21(25-30-20)15-6-8-16(28-4)9-7-15/h6-12,19H,5,13H2,1-4H3/t19-/m1/s1. The third-order valence-corrected chi connectivity index (χ3v) is 5.04. The number of likely N-dealkylation sites (N-methyl/N-ethyl adjacent to an activating group) is 1. The molecule has 1 atom stereocenters. The van der Waals surface area contributed by atoms with E-state index in [4.69, 9.17) is 25.6 Å². The predicted octanol–water partition coefficient (Wildman–Crippen LogP) is 4.52. The van der Waals surface area contributed by atoms with E-state index in [1.807, 2.05) is 44.2 Å². The number of aryl methyl sites for hydroxylation is 1. The second-order valence-electron chi connectivity index (χ2n) is 6.86. The van der Waals surface area contributed by atoms with Crippen LogP contribution >= 0.6 is 11.6 Å². The van der Waals surface area contributed by atoms with Crippen LogP contribution in [0.5, 0.6) is 11.5 Å².